The molecule has 66 valence electrons. The number of nitrogens with two attached hydrogens (primary N) is 1. The van der Waals surface area contributed by atoms with Gasteiger partial charge in [-0.3, -0.25) is 9.18 Å². The van der Waals surface area contributed by atoms with E-state index in [-0.39, 0.29) is 13.0 Å². The monoisotopic (exact) mass is 163 g/mol. The summed E-state index contributed by atoms with van der Waals surface area (Å²) < 4.78 is 11.7. The van der Waals surface area contributed by atoms with Crippen molar-refractivity contribution in [2.45, 2.75) is 19.8 Å². The lowest BCUT2D eigenvalue weighted by atomic mass is 9.86. The number of alkyl halides is 1. The van der Waals surface area contributed by atoms with Crippen LogP contribution in [0.25, 0.3) is 0 Å². The Morgan fingerprint density at radius 1 is 1.73 bits per heavy atom. The van der Waals surface area contributed by atoms with Gasteiger partial charge in [-0.15, -0.1) is 0 Å². The molecule has 0 bridgehead atoms. The molecule has 0 rings (SSSR count). The van der Waals surface area contributed by atoms with E-state index in [9.17, 15) is 9.18 Å². The third-order valence-electron chi connectivity index (χ3n) is 1.83. The van der Waals surface area contributed by atoms with E-state index >= 15 is 0 Å². The van der Waals surface area contributed by atoms with Crippen molar-refractivity contribution in [3.8, 4) is 0 Å². The van der Waals surface area contributed by atoms with Crippen molar-refractivity contribution in [2.24, 2.45) is 11.1 Å². The van der Waals surface area contributed by atoms with Crippen LogP contribution in [0.3, 0.4) is 0 Å². The molecule has 0 fully saturated rings. The zero-order valence-corrected chi connectivity index (χ0v) is 6.64. The van der Waals surface area contributed by atoms with Crippen LogP contribution in [-0.4, -0.2) is 24.3 Å². The van der Waals surface area contributed by atoms with E-state index < -0.39 is 18.1 Å². The minimum absolute atomic E-state index is 0.0579. The summed E-state index contributed by atoms with van der Waals surface area (Å²) in [5.41, 5.74) is 4.29. The Morgan fingerprint density at radius 3 is 2.55 bits per heavy atom. The largest absolute Gasteiger partial charge is 0.481 e. The van der Waals surface area contributed by atoms with Gasteiger partial charge in [0.1, 0.15) is 0 Å². The van der Waals surface area contributed by atoms with E-state index in [1.807, 2.05) is 0 Å². The molecule has 0 spiro atoms. The molecule has 0 aliphatic rings. The molecule has 0 saturated heterocycles. The molecule has 0 saturated carbocycles. The van der Waals surface area contributed by atoms with E-state index in [1.165, 1.54) is 6.92 Å². The predicted molar refractivity (Wildman–Crippen MR) is 40.0 cm³/mol. The van der Waals surface area contributed by atoms with Crippen LogP contribution in [-0.2, 0) is 4.79 Å². The van der Waals surface area contributed by atoms with Crippen LogP contribution in [0.4, 0.5) is 4.39 Å². The highest BCUT2D eigenvalue weighted by Crippen LogP contribution is 2.21. The number of rotatable bonds is 5. The molecular formula is C7H14FNO2. The molecule has 11 heavy (non-hydrogen) atoms. The Labute approximate surface area is 65.4 Å². The summed E-state index contributed by atoms with van der Waals surface area (Å²) in [5.74, 6) is -0.951. The molecule has 0 aliphatic heterocycles. The Bertz CT molecular complexity index is 140. The third kappa shape index (κ3) is 2.84. The van der Waals surface area contributed by atoms with E-state index in [0.29, 0.717) is 6.42 Å². The Kier molecular flexibility index (Phi) is 4.03. The van der Waals surface area contributed by atoms with E-state index in [0.717, 1.165) is 0 Å². The lowest BCUT2D eigenvalue weighted by Gasteiger charge is -2.21. The summed E-state index contributed by atoms with van der Waals surface area (Å²) in [7, 11) is 0. The molecule has 0 aromatic heterocycles. The second kappa shape index (κ2) is 4.28. The van der Waals surface area contributed by atoms with Crippen LogP contribution in [0, 0.1) is 5.41 Å². The van der Waals surface area contributed by atoms with Crippen LogP contribution in [0.5, 0.6) is 0 Å². The predicted octanol–water partition coefficient (Wildman–Crippen LogP) is 0.786. The molecular weight excluding hydrogens is 149 g/mol. The van der Waals surface area contributed by atoms with Gasteiger partial charge in [0.25, 0.3) is 0 Å². The minimum Gasteiger partial charge on any atom is -0.481 e. The summed E-state index contributed by atoms with van der Waals surface area (Å²) in [6.45, 7) is 1.11. The molecule has 0 aliphatic carbocycles. The van der Waals surface area contributed by atoms with Gasteiger partial charge in [0.2, 0.25) is 0 Å². The van der Waals surface area contributed by atoms with Crippen molar-refractivity contribution in [3.63, 3.8) is 0 Å². The summed E-state index contributed by atoms with van der Waals surface area (Å²) in [6.07, 6.45) is 0.565. The average molecular weight is 163 g/mol. The zero-order chi connectivity index (χ0) is 8.91. The molecule has 0 amide bonds. The molecule has 3 N–H and O–H groups in total. The quantitative estimate of drug-likeness (QED) is 0.629. The van der Waals surface area contributed by atoms with Crippen LogP contribution in [0.2, 0.25) is 0 Å². The van der Waals surface area contributed by atoms with Crippen LogP contribution in [0.1, 0.15) is 19.8 Å². The van der Waals surface area contributed by atoms with Crippen molar-refractivity contribution >= 4 is 5.97 Å². The third-order valence-corrected chi connectivity index (χ3v) is 1.83. The molecule has 1 unspecified atom stereocenters. The maximum atomic E-state index is 11.7. The standard InChI is InChI=1S/C7H14FNO2/c1-7(5-9,6(10)11)3-2-4-8/h2-5,9H2,1H3,(H,10,11). The van der Waals surface area contributed by atoms with Crippen molar-refractivity contribution in [1.29, 1.82) is 0 Å². The fraction of sp³-hybridized carbons (Fsp3) is 0.857. The first-order chi connectivity index (χ1) is 5.06. The second-order valence-corrected chi connectivity index (χ2v) is 2.86. The highest BCUT2D eigenvalue weighted by molar-refractivity contribution is 5.74. The summed E-state index contributed by atoms with van der Waals surface area (Å²) >= 11 is 0. The minimum atomic E-state index is -0.952. The van der Waals surface area contributed by atoms with Gasteiger partial charge in [-0.2, -0.15) is 0 Å². The van der Waals surface area contributed by atoms with Gasteiger partial charge in [-0.05, 0) is 19.8 Å². The van der Waals surface area contributed by atoms with Crippen LogP contribution >= 0.6 is 0 Å². The maximum Gasteiger partial charge on any atom is 0.310 e. The van der Waals surface area contributed by atoms with Gasteiger partial charge >= 0.3 is 5.97 Å². The average Bonchev–Trinajstić information content (AvgIpc) is 2.00. The SMILES string of the molecule is CC(CN)(CCCF)C(=O)O. The van der Waals surface area contributed by atoms with Gasteiger partial charge in [0.15, 0.2) is 0 Å². The Hall–Kier alpha value is -0.640. The van der Waals surface area contributed by atoms with Crippen molar-refractivity contribution < 1.29 is 14.3 Å². The molecule has 0 aromatic carbocycles. The summed E-state index contributed by atoms with van der Waals surface area (Å²) in [6, 6.07) is 0. The molecule has 0 aromatic rings. The van der Waals surface area contributed by atoms with Crippen LogP contribution < -0.4 is 5.73 Å². The van der Waals surface area contributed by atoms with Gasteiger partial charge in [-0.25, -0.2) is 0 Å². The number of aliphatic carboxylic acids is 1. The van der Waals surface area contributed by atoms with Gasteiger partial charge in [0, 0.05) is 6.54 Å². The number of carboxylic acids is 1. The maximum absolute atomic E-state index is 11.7. The van der Waals surface area contributed by atoms with Gasteiger partial charge in [0.05, 0.1) is 12.1 Å². The first-order valence-corrected chi connectivity index (χ1v) is 3.56. The van der Waals surface area contributed by atoms with Crippen LogP contribution in [0.15, 0.2) is 0 Å². The topological polar surface area (TPSA) is 63.3 Å². The highest BCUT2D eigenvalue weighted by atomic mass is 19.1. The second-order valence-electron chi connectivity index (χ2n) is 2.86. The number of hydrogen-bond acceptors (Lipinski definition) is 2. The molecule has 4 heteroatoms. The van der Waals surface area contributed by atoms with E-state index in [2.05, 4.69) is 0 Å². The first-order valence-electron chi connectivity index (χ1n) is 3.56. The van der Waals surface area contributed by atoms with Crippen molar-refractivity contribution in [3.05, 3.63) is 0 Å². The fourth-order valence-electron chi connectivity index (χ4n) is 0.753. The molecule has 0 radical (unpaired) electrons. The van der Waals surface area contributed by atoms with Crippen molar-refractivity contribution in [1.82, 2.24) is 0 Å². The Morgan fingerprint density at radius 2 is 2.27 bits per heavy atom. The van der Waals surface area contributed by atoms with Gasteiger partial charge in [-0.1, -0.05) is 0 Å². The Balaban J connectivity index is 3.99. The number of halogens is 1. The fourth-order valence-corrected chi connectivity index (χ4v) is 0.753. The van der Waals surface area contributed by atoms with E-state index in [1.54, 1.807) is 0 Å². The first kappa shape index (κ1) is 10.4. The number of carboxylic acid groups (broad SMARTS) is 1. The normalized spacial score (nSPS) is 15.9. The lowest BCUT2D eigenvalue weighted by molar-refractivity contribution is -0.147. The number of hydrogen-bond donors (Lipinski definition) is 2. The number of carbonyl (C=O) groups is 1. The molecule has 0 heterocycles. The molecule has 1 atom stereocenters. The zero-order valence-electron chi connectivity index (χ0n) is 6.64. The van der Waals surface area contributed by atoms with E-state index in [4.69, 9.17) is 10.8 Å². The highest BCUT2D eigenvalue weighted by Gasteiger charge is 2.30. The molecule has 3 nitrogen and oxygen atoms in total. The smallest absolute Gasteiger partial charge is 0.310 e. The van der Waals surface area contributed by atoms with Gasteiger partial charge < -0.3 is 10.8 Å². The summed E-state index contributed by atoms with van der Waals surface area (Å²) in [4.78, 5) is 10.6. The lowest BCUT2D eigenvalue weighted by Crippen LogP contribution is -2.35. The summed E-state index contributed by atoms with van der Waals surface area (Å²) in [5, 5.41) is 8.66. The van der Waals surface area contributed by atoms with Crippen molar-refractivity contribution in [2.75, 3.05) is 13.2 Å².